The highest BCUT2D eigenvalue weighted by atomic mass is 35.5. The summed E-state index contributed by atoms with van der Waals surface area (Å²) in [5, 5.41) is 5.06. The first kappa shape index (κ1) is 14.9. The van der Waals surface area contributed by atoms with Crippen molar-refractivity contribution in [2.24, 2.45) is 0 Å². The van der Waals surface area contributed by atoms with Crippen LogP contribution < -0.4 is 5.32 Å². The Morgan fingerprint density at radius 3 is 2.86 bits per heavy atom. The number of ether oxygens (including phenoxy) is 1. The van der Waals surface area contributed by atoms with Crippen LogP contribution in [0.25, 0.3) is 11.0 Å². The molecule has 0 spiro atoms. The molecule has 1 fully saturated rings. The second-order valence-electron chi connectivity index (χ2n) is 5.33. The van der Waals surface area contributed by atoms with Gasteiger partial charge in [0.25, 0.3) is 0 Å². The smallest absolute Gasteiger partial charge is 0.199 e. The molecule has 1 aliphatic rings. The fourth-order valence-electron chi connectivity index (χ4n) is 2.70. The van der Waals surface area contributed by atoms with Crippen molar-refractivity contribution >= 4 is 22.6 Å². The molecule has 0 bridgehead atoms. The van der Waals surface area contributed by atoms with Crippen molar-refractivity contribution < 1.29 is 9.15 Å². The van der Waals surface area contributed by atoms with Crippen molar-refractivity contribution in [3.63, 3.8) is 0 Å². The summed E-state index contributed by atoms with van der Waals surface area (Å²) < 4.78 is 10.9. The minimum atomic E-state index is 0.497. The van der Waals surface area contributed by atoms with E-state index in [9.17, 15) is 0 Å². The molecule has 0 unspecified atom stereocenters. The number of halogens is 1. The molecule has 5 heteroatoms. The van der Waals surface area contributed by atoms with Gasteiger partial charge in [0, 0.05) is 30.6 Å². The molecule has 1 aromatic heterocycles. The second kappa shape index (κ2) is 7.27. The van der Waals surface area contributed by atoms with E-state index in [0.717, 1.165) is 68.9 Å². The van der Waals surface area contributed by atoms with Crippen molar-refractivity contribution in [1.82, 2.24) is 10.2 Å². The summed E-state index contributed by atoms with van der Waals surface area (Å²) >= 11 is 6.17. The van der Waals surface area contributed by atoms with E-state index < -0.39 is 0 Å². The van der Waals surface area contributed by atoms with Crippen LogP contribution in [-0.2, 0) is 11.3 Å². The fraction of sp³-hybridized carbons (Fsp3) is 0.500. The predicted molar refractivity (Wildman–Crippen MR) is 84.8 cm³/mol. The molecule has 4 nitrogen and oxygen atoms in total. The molecule has 3 rings (SSSR count). The zero-order valence-electron chi connectivity index (χ0n) is 12.1. The molecule has 1 aliphatic heterocycles. The standard InChI is InChI=1S/C16H21ClN2O2/c17-16-14(13-4-1-2-5-15(13)21-16)12-18-6-3-7-19-8-10-20-11-9-19/h1-2,4-5,18H,3,6-12H2. The van der Waals surface area contributed by atoms with E-state index in [1.54, 1.807) is 0 Å². The SMILES string of the molecule is Clc1oc2ccccc2c1CNCCCN1CCOCC1. The van der Waals surface area contributed by atoms with Gasteiger partial charge in [-0.3, -0.25) is 4.90 Å². The van der Waals surface area contributed by atoms with E-state index in [1.807, 2.05) is 18.2 Å². The van der Waals surface area contributed by atoms with Crippen molar-refractivity contribution in [3.8, 4) is 0 Å². The van der Waals surface area contributed by atoms with Crippen LogP contribution in [0.15, 0.2) is 28.7 Å². The molecule has 0 aliphatic carbocycles. The first-order valence-corrected chi connectivity index (χ1v) is 7.89. The highest BCUT2D eigenvalue weighted by Crippen LogP contribution is 2.29. The summed E-state index contributed by atoms with van der Waals surface area (Å²) in [4.78, 5) is 2.45. The highest BCUT2D eigenvalue weighted by molar-refractivity contribution is 6.30. The lowest BCUT2D eigenvalue weighted by molar-refractivity contribution is 0.0374. The largest absolute Gasteiger partial charge is 0.444 e. The first-order valence-electron chi connectivity index (χ1n) is 7.51. The van der Waals surface area contributed by atoms with Gasteiger partial charge in [-0.05, 0) is 37.2 Å². The van der Waals surface area contributed by atoms with Gasteiger partial charge >= 0.3 is 0 Å². The van der Waals surface area contributed by atoms with Crippen molar-refractivity contribution in [2.45, 2.75) is 13.0 Å². The predicted octanol–water partition coefficient (Wildman–Crippen LogP) is 2.90. The monoisotopic (exact) mass is 308 g/mol. The molecule has 2 heterocycles. The Bertz CT molecular complexity index is 579. The van der Waals surface area contributed by atoms with Crippen LogP contribution in [0.4, 0.5) is 0 Å². The van der Waals surface area contributed by atoms with Gasteiger partial charge in [0.15, 0.2) is 5.22 Å². The van der Waals surface area contributed by atoms with E-state index in [2.05, 4.69) is 16.3 Å². The Morgan fingerprint density at radius 2 is 2.00 bits per heavy atom. The Morgan fingerprint density at radius 1 is 1.19 bits per heavy atom. The third-order valence-electron chi connectivity index (χ3n) is 3.88. The molecular formula is C16H21ClN2O2. The molecule has 1 aromatic carbocycles. The van der Waals surface area contributed by atoms with Gasteiger partial charge in [0.05, 0.1) is 13.2 Å². The number of nitrogens with one attached hydrogen (secondary N) is 1. The summed E-state index contributed by atoms with van der Waals surface area (Å²) in [6, 6.07) is 7.97. The van der Waals surface area contributed by atoms with Gasteiger partial charge in [-0.15, -0.1) is 0 Å². The molecule has 0 atom stereocenters. The maximum absolute atomic E-state index is 6.17. The lowest BCUT2D eigenvalue weighted by atomic mass is 10.2. The summed E-state index contributed by atoms with van der Waals surface area (Å²) in [5.41, 5.74) is 1.91. The number of hydrogen-bond acceptors (Lipinski definition) is 4. The Kier molecular flexibility index (Phi) is 5.14. The van der Waals surface area contributed by atoms with E-state index >= 15 is 0 Å². The molecular weight excluding hydrogens is 288 g/mol. The molecule has 21 heavy (non-hydrogen) atoms. The number of benzene rings is 1. The maximum Gasteiger partial charge on any atom is 0.199 e. The van der Waals surface area contributed by atoms with Gasteiger partial charge in [0.2, 0.25) is 0 Å². The van der Waals surface area contributed by atoms with Crippen LogP contribution in [-0.4, -0.2) is 44.3 Å². The zero-order valence-corrected chi connectivity index (χ0v) is 12.9. The van der Waals surface area contributed by atoms with E-state index in [-0.39, 0.29) is 0 Å². The Balaban J connectivity index is 1.45. The summed E-state index contributed by atoms with van der Waals surface area (Å²) in [7, 11) is 0. The van der Waals surface area contributed by atoms with Gasteiger partial charge in [0.1, 0.15) is 5.58 Å². The second-order valence-corrected chi connectivity index (χ2v) is 5.68. The number of nitrogens with zero attached hydrogens (tertiary/aromatic N) is 1. The van der Waals surface area contributed by atoms with Crippen LogP contribution >= 0.6 is 11.6 Å². The number of furan rings is 1. The van der Waals surface area contributed by atoms with Crippen LogP contribution in [0.3, 0.4) is 0 Å². The number of hydrogen-bond donors (Lipinski definition) is 1. The number of fused-ring (bicyclic) bond motifs is 1. The molecule has 2 aromatic rings. The molecule has 1 saturated heterocycles. The quantitative estimate of drug-likeness (QED) is 0.833. The van der Waals surface area contributed by atoms with Gasteiger partial charge in [-0.1, -0.05) is 18.2 Å². The van der Waals surface area contributed by atoms with Crippen LogP contribution in [0.1, 0.15) is 12.0 Å². The number of rotatable bonds is 6. The lowest BCUT2D eigenvalue weighted by Crippen LogP contribution is -2.37. The fourth-order valence-corrected chi connectivity index (χ4v) is 2.95. The van der Waals surface area contributed by atoms with Gasteiger partial charge in [-0.25, -0.2) is 0 Å². The van der Waals surface area contributed by atoms with Crippen molar-refractivity contribution in [3.05, 3.63) is 35.0 Å². The number of morpholine rings is 1. The van der Waals surface area contributed by atoms with E-state index in [0.29, 0.717) is 5.22 Å². The van der Waals surface area contributed by atoms with E-state index in [1.165, 1.54) is 0 Å². The van der Waals surface area contributed by atoms with E-state index in [4.69, 9.17) is 20.8 Å². The average Bonchev–Trinajstić information content (AvgIpc) is 2.84. The average molecular weight is 309 g/mol. The van der Waals surface area contributed by atoms with Gasteiger partial charge < -0.3 is 14.5 Å². The molecule has 0 saturated carbocycles. The minimum Gasteiger partial charge on any atom is -0.444 e. The maximum atomic E-state index is 6.17. The van der Waals surface area contributed by atoms with Gasteiger partial charge in [-0.2, -0.15) is 0 Å². The Hall–Kier alpha value is -1.07. The van der Waals surface area contributed by atoms with Crippen LogP contribution in [0, 0.1) is 0 Å². The first-order chi connectivity index (χ1) is 10.3. The zero-order chi connectivity index (χ0) is 14.5. The molecule has 0 radical (unpaired) electrons. The van der Waals surface area contributed by atoms with Crippen LogP contribution in [0.5, 0.6) is 0 Å². The van der Waals surface area contributed by atoms with Crippen molar-refractivity contribution in [2.75, 3.05) is 39.4 Å². The topological polar surface area (TPSA) is 37.6 Å². The summed E-state index contributed by atoms with van der Waals surface area (Å²) in [5.74, 6) is 0. The van der Waals surface area contributed by atoms with Crippen molar-refractivity contribution in [1.29, 1.82) is 0 Å². The Labute approximate surface area is 130 Å². The number of para-hydroxylation sites is 1. The van der Waals surface area contributed by atoms with Crippen LogP contribution in [0.2, 0.25) is 5.22 Å². The highest BCUT2D eigenvalue weighted by Gasteiger charge is 2.12. The molecule has 114 valence electrons. The third kappa shape index (κ3) is 3.77. The minimum absolute atomic E-state index is 0.497. The lowest BCUT2D eigenvalue weighted by Gasteiger charge is -2.26. The normalized spacial score (nSPS) is 16.6. The third-order valence-corrected chi connectivity index (χ3v) is 4.19. The molecule has 1 N–H and O–H groups in total. The molecule has 0 amide bonds. The summed E-state index contributed by atoms with van der Waals surface area (Å²) in [6.45, 7) is 6.69. The summed E-state index contributed by atoms with van der Waals surface area (Å²) in [6.07, 6.45) is 1.13.